The number of pyridine rings is 1. The Kier molecular flexibility index (Phi) is 4.53. The van der Waals surface area contributed by atoms with Gasteiger partial charge in [-0.05, 0) is 32.9 Å². The van der Waals surface area contributed by atoms with E-state index in [4.69, 9.17) is 9.84 Å². The fourth-order valence-electron chi connectivity index (χ4n) is 1.90. The second-order valence-electron chi connectivity index (χ2n) is 5.42. The number of methoxy groups -OCH3 is 1. The fraction of sp³-hybridized carbons (Fsp3) is 0.500. The van der Waals surface area contributed by atoms with E-state index in [2.05, 4.69) is 9.97 Å². The van der Waals surface area contributed by atoms with E-state index in [0.717, 1.165) is 16.9 Å². The van der Waals surface area contributed by atoms with Gasteiger partial charge in [-0.1, -0.05) is 11.8 Å². The van der Waals surface area contributed by atoms with E-state index < -0.39 is 11.6 Å². The lowest BCUT2D eigenvalue weighted by molar-refractivity contribution is -0.133. The molecule has 7 heteroatoms. The summed E-state index contributed by atoms with van der Waals surface area (Å²) in [5.41, 5.74) is 2.03. The number of thioether (sulfide) groups is 1. The predicted molar refractivity (Wildman–Crippen MR) is 81.7 cm³/mol. The molecule has 114 valence electrons. The van der Waals surface area contributed by atoms with Crippen LogP contribution in [-0.2, 0) is 16.1 Å². The Labute approximate surface area is 127 Å². The number of carbonyl (C=O) groups is 1. The molecule has 2 heterocycles. The largest absolute Gasteiger partial charge is 0.481 e. The summed E-state index contributed by atoms with van der Waals surface area (Å²) < 4.78 is 7.40. The van der Waals surface area contributed by atoms with Crippen molar-refractivity contribution in [1.29, 1.82) is 0 Å². The first-order valence-electron chi connectivity index (χ1n) is 6.56. The van der Waals surface area contributed by atoms with Gasteiger partial charge in [0.05, 0.1) is 17.9 Å². The maximum Gasteiger partial charge on any atom is 0.313 e. The SMILES string of the molecule is COC(C)(C)Cn1c(SCC(=O)O)nc2ccc(C)nc21. The van der Waals surface area contributed by atoms with Gasteiger partial charge >= 0.3 is 5.97 Å². The van der Waals surface area contributed by atoms with E-state index in [0.29, 0.717) is 11.7 Å². The lowest BCUT2D eigenvalue weighted by Crippen LogP contribution is -2.29. The summed E-state index contributed by atoms with van der Waals surface area (Å²) in [5.74, 6) is -0.899. The van der Waals surface area contributed by atoms with Gasteiger partial charge in [0.2, 0.25) is 0 Å². The van der Waals surface area contributed by atoms with Crippen LogP contribution in [0.1, 0.15) is 19.5 Å². The fourth-order valence-corrected chi connectivity index (χ4v) is 2.62. The van der Waals surface area contributed by atoms with E-state index in [-0.39, 0.29) is 5.75 Å². The molecule has 0 radical (unpaired) electrons. The zero-order valence-electron chi connectivity index (χ0n) is 12.6. The number of rotatable bonds is 6. The minimum absolute atomic E-state index is 0.0320. The molecule has 1 N–H and O–H groups in total. The average Bonchev–Trinajstić information content (AvgIpc) is 2.74. The first kappa shape index (κ1) is 15.8. The van der Waals surface area contributed by atoms with Gasteiger partial charge in [-0.3, -0.25) is 4.79 Å². The van der Waals surface area contributed by atoms with Crippen LogP contribution < -0.4 is 0 Å². The first-order valence-corrected chi connectivity index (χ1v) is 7.54. The van der Waals surface area contributed by atoms with Crippen molar-refractivity contribution in [1.82, 2.24) is 14.5 Å². The van der Waals surface area contributed by atoms with Crippen LogP contribution in [0.4, 0.5) is 0 Å². The van der Waals surface area contributed by atoms with Crippen molar-refractivity contribution in [2.75, 3.05) is 12.9 Å². The number of hydrogen-bond donors (Lipinski definition) is 1. The Hall–Kier alpha value is -1.60. The summed E-state index contributed by atoms with van der Waals surface area (Å²) in [6.45, 7) is 6.42. The minimum Gasteiger partial charge on any atom is -0.481 e. The van der Waals surface area contributed by atoms with Gasteiger partial charge in [0.1, 0.15) is 5.52 Å². The minimum atomic E-state index is -0.867. The van der Waals surface area contributed by atoms with Crippen LogP contribution in [-0.4, -0.2) is 44.1 Å². The van der Waals surface area contributed by atoms with Crippen molar-refractivity contribution >= 4 is 28.9 Å². The third-order valence-corrected chi connectivity index (χ3v) is 4.07. The number of fused-ring (bicyclic) bond motifs is 1. The number of imidazole rings is 1. The molecule has 0 atom stereocenters. The van der Waals surface area contributed by atoms with Gasteiger partial charge in [0, 0.05) is 12.8 Å². The molecule has 0 fully saturated rings. The molecule has 0 amide bonds. The average molecular weight is 309 g/mol. The smallest absolute Gasteiger partial charge is 0.313 e. The molecule has 0 aliphatic carbocycles. The maximum absolute atomic E-state index is 10.8. The molecule has 2 aromatic heterocycles. The second kappa shape index (κ2) is 6.03. The van der Waals surface area contributed by atoms with Crippen LogP contribution in [0.5, 0.6) is 0 Å². The third-order valence-electron chi connectivity index (χ3n) is 3.11. The Morgan fingerprint density at radius 2 is 2.14 bits per heavy atom. The molecule has 21 heavy (non-hydrogen) atoms. The number of carboxylic acid groups (broad SMARTS) is 1. The molecule has 0 bridgehead atoms. The highest BCUT2D eigenvalue weighted by Crippen LogP contribution is 2.26. The molecular formula is C14H19N3O3S. The number of hydrogen-bond acceptors (Lipinski definition) is 5. The van der Waals surface area contributed by atoms with Crippen molar-refractivity contribution < 1.29 is 14.6 Å². The van der Waals surface area contributed by atoms with Crippen LogP contribution >= 0.6 is 11.8 Å². The summed E-state index contributed by atoms with van der Waals surface area (Å²) in [7, 11) is 1.65. The number of nitrogens with zero attached hydrogens (tertiary/aromatic N) is 3. The van der Waals surface area contributed by atoms with Crippen molar-refractivity contribution in [2.24, 2.45) is 0 Å². The summed E-state index contributed by atoms with van der Waals surface area (Å²) in [5, 5.41) is 9.51. The highest BCUT2D eigenvalue weighted by atomic mass is 32.2. The highest BCUT2D eigenvalue weighted by Gasteiger charge is 2.22. The monoisotopic (exact) mass is 309 g/mol. The van der Waals surface area contributed by atoms with E-state index in [1.165, 1.54) is 11.8 Å². The van der Waals surface area contributed by atoms with E-state index in [1.807, 2.05) is 37.5 Å². The summed E-state index contributed by atoms with van der Waals surface area (Å²) in [4.78, 5) is 19.8. The molecular weight excluding hydrogens is 290 g/mol. The van der Waals surface area contributed by atoms with Crippen LogP contribution in [0.25, 0.3) is 11.2 Å². The van der Waals surface area contributed by atoms with Crippen molar-refractivity contribution in [3.63, 3.8) is 0 Å². The molecule has 0 spiro atoms. The lowest BCUT2D eigenvalue weighted by atomic mass is 10.1. The van der Waals surface area contributed by atoms with Crippen LogP contribution in [0.15, 0.2) is 17.3 Å². The van der Waals surface area contributed by atoms with Crippen LogP contribution in [0.3, 0.4) is 0 Å². The van der Waals surface area contributed by atoms with Crippen molar-refractivity contribution in [3.8, 4) is 0 Å². The molecule has 6 nitrogen and oxygen atoms in total. The molecule has 0 aliphatic heterocycles. The summed E-state index contributed by atoms with van der Waals surface area (Å²) in [6.07, 6.45) is 0. The predicted octanol–water partition coefficient (Wildman–Crippen LogP) is 2.34. The van der Waals surface area contributed by atoms with E-state index >= 15 is 0 Å². The van der Waals surface area contributed by atoms with Crippen molar-refractivity contribution in [2.45, 2.75) is 38.1 Å². The molecule has 2 aromatic rings. The standard InChI is InChI=1S/C14H19N3O3S/c1-9-5-6-10-12(15-9)17(8-14(2,3)20-4)13(16-10)21-7-11(18)19/h5-6H,7-8H2,1-4H3,(H,18,19). The first-order chi connectivity index (χ1) is 9.82. The summed E-state index contributed by atoms with van der Waals surface area (Å²) >= 11 is 1.19. The van der Waals surface area contributed by atoms with Gasteiger partial charge in [-0.25, -0.2) is 9.97 Å². The van der Waals surface area contributed by atoms with E-state index in [1.54, 1.807) is 7.11 Å². The van der Waals surface area contributed by atoms with Gasteiger partial charge in [0.15, 0.2) is 10.8 Å². The number of ether oxygens (including phenoxy) is 1. The maximum atomic E-state index is 10.8. The zero-order valence-corrected chi connectivity index (χ0v) is 13.4. The van der Waals surface area contributed by atoms with Crippen LogP contribution in [0.2, 0.25) is 0 Å². The normalized spacial score (nSPS) is 12.0. The Balaban J connectivity index is 2.47. The third kappa shape index (κ3) is 3.74. The number of aromatic nitrogens is 3. The van der Waals surface area contributed by atoms with Gasteiger partial charge in [-0.2, -0.15) is 0 Å². The molecule has 0 saturated carbocycles. The van der Waals surface area contributed by atoms with Gasteiger partial charge < -0.3 is 14.4 Å². The Bertz CT molecular complexity index is 667. The number of carboxylic acids is 1. The molecule has 0 aliphatic rings. The van der Waals surface area contributed by atoms with Gasteiger partial charge in [-0.15, -0.1) is 0 Å². The molecule has 0 aromatic carbocycles. The lowest BCUT2D eigenvalue weighted by Gasteiger charge is -2.24. The van der Waals surface area contributed by atoms with Crippen LogP contribution in [0, 0.1) is 6.92 Å². The topological polar surface area (TPSA) is 77.2 Å². The molecule has 0 saturated heterocycles. The number of aryl methyl sites for hydroxylation is 1. The van der Waals surface area contributed by atoms with Crippen molar-refractivity contribution in [3.05, 3.63) is 17.8 Å². The second-order valence-corrected chi connectivity index (χ2v) is 6.36. The molecule has 2 rings (SSSR count). The quantitative estimate of drug-likeness (QED) is 0.825. The van der Waals surface area contributed by atoms with Gasteiger partial charge in [0.25, 0.3) is 0 Å². The Morgan fingerprint density at radius 3 is 2.76 bits per heavy atom. The summed E-state index contributed by atoms with van der Waals surface area (Å²) in [6, 6.07) is 3.80. The Morgan fingerprint density at radius 1 is 1.43 bits per heavy atom. The van der Waals surface area contributed by atoms with E-state index in [9.17, 15) is 4.79 Å². The highest BCUT2D eigenvalue weighted by molar-refractivity contribution is 7.99. The molecule has 0 unspecified atom stereocenters. The zero-order chi connectivity index (χ0) is 15.6. The number of aliphatic carboxylic acids is 1.